The van der Waals surface area contributed by atoms with E-state index in [-0.39, 0.29) is 12.8 Å². The van der Waals surface area contributed by atoms with Gasteiger partial charge in [0.1, 0.15) is 0 Å². The molecule has 0 aromatic heterocycles. The van der Waals surface area contributed by atoms with Crippen molar-refractivity contribution in [3.05, 3.63) is 0 Å². The summed E-state index contributed by atoms with van der Waals surface area (Å²) >= 11 is 0. The zero-order valence-electron chi connectivity index (χ0n) is 14.8. The summed E-state index contributed by atoms with van der Waals surface area (Å²) in [7, 11) is 0. The molecular weight excluding hydrogens is 300 g/mol. The van der Waals surface area contributed by atoms with Gasteiger partial charge < -0.3 is 20.4 Å². The van der Waals surface area contributed by atoms with Crippen LogP contribution in [0.5, 0.6) is 0 Å². The van der Waals surface area contributed by atoms with Crippen molar-refractivity contribution in [2.45, 2.75) is 96.7 Å². The summed E-state index contributed by atoms with van der Waals surface area (Å²) in [6, 6.07) is 0. The molecule has 0 heterocycles. The molecule has 0 aliphatic heterocycles. The van der Waals surface area contributed by atoms with E-state index >= 15 is 0 Å². The number of aliphatic carboxylic acids is 2. The van der Waals surface area contributed by atoms with Gasteiger partial charge in [-0.2, -0.15) is 0 Å². The molecule has 0 radical (unpaired) electrons. The zero-order valence-corrected chi connectivity index (χ0v) is 14.8. The van der Waals surface area contributed by atoms with Crippen LogP contribution in [0.2, 0.25) is 0 Å². The number of carboxylic acids is 2. The lowest BCUT2D eigenvalue weighted by molar-refractivity contribution is -0.139. The Kier molecular flexibility index (Phi) is 15.2. The molecule has 0 rings (SSSR count). The molecule has 0 aromatic carbocycles. The summed E-state index contributed by atoms with van der Waals surface area (Å²) < 4.78 is 0. The lowest BCUT2D eigenvalue weighted by Crippen LogP contribution is -2.39. The number of rotatable bonds is 12. The second kappa shape index (κ2) is 14.5. The first-order chi connectivity index (χ1) is 10.7. The smallest absolute Gasteiger partial charge is 0.303 e. The highest BCUT2D eigenvalue weighted by atomic mass is 16.4. The third-order valence-corrected chi connectivity index (χ3v) is 3.88. The van der Waals surface area contributed by atoms with Gasteiger partial charge in [0.25, 0.3) is 0 Å². The van der Waals surface area contributed by atoms with Crippen molar-refractivity contribution < 1.29 is 30.0 Å². The van der Waals surface area contributed by atoms with Crippen molar-refractivity contribution in [3.63, 3.8) is 0 Å². The van der Waals surface area contributed by atoms with E-state index in [9.17, 15) is 19.8 Å². The molecule has 6 heteroatoms. The maximum Gasteiger partial charge on any atom is 0.303 e. The molecule has 0 saturated heterocycles. The molecule has 2 atom stereocenters. The first-order valence-corrected chi connectivity index (χ1v) is 8.53. The van der Waals surface area contributed by atoms with Crippen molar-refractivity contribution in [2.75, 3.05) is 0 Å². The third-order valence-electron chi connectivity index (χ3n) is 3.88. The molecule has 0 fully saturated rings. The molecule has 0 amide bonds. The Morgan fingerprint density at radius 2 is 1.39 bits per heavy atom. The molecule has 0 aromatic rings. The van der Waals surface area contributed by atoms with Gasteiger partial charge in [-0.15, -0.1) is 0 Å². The predicted molar refractivity (Wildman–Crippen MR) is 89.4 cm³/mol. The monoisotopic (exact) mass is 334 g/mol. The van der Waals surface area contributed by atoms with E-state index in [4.69, 9.17) is 10.2 Å². The van der Waals surface area contributed by atoms with E-state index < -0.39 is 23.6 Å². The number of carboxylic acid groups (broad SMARTS) is 2. The fraction of sp³-hybridized carbons (Fsp3) is 0.882. The van der Waals surface area contributed by atoms with Gasteiger partial charge in [0.2, 0.25) is 0 Å². The van der Waals surface area contributed by atoms with Crippen LogP contribution in [0, 0.1) is 0 Å². The van der Waals surface area contributed by atoms with Crippen LogP contribution in [-0.4, -0.2) is 44.1 Å². The van der Waals surface area contributed by atoms with Gasteiger partial charge in [-0.1, -0.05) is 39.5 Å². The van der Waals surface area contributed by atoms with Gasteiger partial charge in [-0.25, -0.2) is 0 Å². The fourth-order valence-electron chi connectivity index (χ4n) is 2.09. The van der Waals surface area contributed by atoms with Gasteiger partial charge in [0.15, 0.2) is 0 Å². The van der Waals surface area contributed by atoms with E-state index in [1.54, 1.807) is 6.92 Å². The maximum atomic E-state index is 9.95. The van der Waals surface area contributed by atoms with Crippen LogP contribution in [0.1, 0.15) is 85.0 Å². The first-order valence-electron chi connectivity index (χ1n) is 8.53. The quantitative estimate of drug-likeness (QED) is 0.407. The number of carbonyl (C=O) groups is 2. The number of hydrogen-bond donors (Lipinski definition) is 4. The molecule has 0 bridgehead atoms. The Morgan fingerprint density at radius 3 is 1.70 bits per heavy atom. The van der Waals surface area contributed by atoms with Crippen molar-refractivity contribution in [2.24, 2.45) is 0 Å². The van der Waals surface area contributed by atoms with Crippen molar-refractivity contribution in [3.8, 4) is 0 Å². The molecule has 6 nitrogen and oxygen atoms in total. The Hall–Kier alpha value is -1.14. The molecule has 0 saturated carbocycles. The summed E-state index contributed by atoms with van der Waals surface area (Å²) in [6.07, 6.45) is 6.37. The van der Waals surface area contributed by atoms with Gasteiger partial charge in [-0.05, 0) is 32.6 Å². The summed E-state index contributed by atoms with van der Waals surface area (Å²) in [5.41, 5.74) is -0.853. The van der Waals surface area contributed by atoms with Gasteiger partial charge in [-0.3, -0.25) is 9.59 Å². The van der Waals surface area contributed by atoms with Crippen LogP contribution < -0.4 is 0 Å². The number of hydrogen-bond acceptors (Lipinski definition) is 4. The van der Waals surface area contributed by atoms with Crippen LogP contribution in [-0.2, 0) is 9.59 Å². The molecule has 0 aliphatic carbocycles. The maximum absolute atomic E-state index is 9.95. The first kappa shape index (κ1) is 24.1. The Labute approximate surface area is 139 Å². The average Bonchev–Trinajstić information content (AvgIpc) is 2.48. The Bertz CT molecular complexity index is 300. The van der Waals surface area contributed by atoms with E-state index in [0.717, 1.165) is 19.3 Å². The molecule has 4 N–H and O–H groups in total. The van der Waals surface area contributed by atoms with Crippen LogP contribution >= 0.6 is 0 Å². The van der Waals surface area contributed by atoms with E-state index in [2.05, 4.69) is 6.92 Å². The number of unbranched alkanes of at least 4 members (excludes halogenated alkanes) is 4. The largest absolute Gasteiger partial charge is 0.481 e. The van der Waals surface area contributed by atoms with Crippen molar-refractivity contribution in [1.82, 2.24) is 0 Å². The zero-order chi connectivity index (χ0) is 18.3. The van der Waals surface area contributed by atoms with Crippen molar-refractivity contribution >= 4 is 11.9 Å². The van der Waals surface area contributed by atoms with Crippen LogP contribution in [0.4, 0.5) is 0 Å². The summed E-state index contributed by atoms with van der Waals surface area (Å²) in [5.74, 6) is -1.74. The number of aliphatic hydroxyl groups is 2. The highest BCUT2D eigenvalue weighted by Gasteiger charge is 2.29. The van der Waals surface area contributed by atoms with Gasteiger partial charge in [0, 0.05) is 12.8 Å². The molecule has 138 valence electrons. The Balaban J connectivity index is 0. The third kappa shape index (κ3) is 15.5. The normalized spacial score (nSPS) is 14.3. The molecule has 0 aliphatic rings. The highest BCUT2D eigenvalue weighted by molar-refractivity contribution is 5.67. The van der Waals surface area contributed by atoms with Crippen LogP contribution in [0.25, 0.3) is 0 Å². The van der Waals surface area contributed by atoms with Crippen LogP contribution in [0.15, 0.2) is 0 Å². The lowest BCUT2D eigenvalue weighted by atomic mass is 9.88. The van der Waals surface area contributed by atoms with Crippen molar-refractivity contribution in [1.29, 1.82) is 0 Å². The van der Waals surface area contributed by atoms with E-state index in [0.29, 0.717) is 19.3 Å². The van der Waals surface area contributed by atoms with Gasteiger partial charge >= 0.3 is 11.9 Å². The fourth-order valence-corrected chi connectivity index (χ4v) is 2.09. The summed E-state index contributed by atoms with van der Waals surface area (Å²) in [5, 5.41) is 35.6. The summed E-state index contributed by atoms with van der Waals surface area (Å²) in [4.78, 5) is 19.8. The lowest BCUT2D eigenvalue weighted by Gasteiger charge is -2.29. The minimum absolute atomic E-state index is 0.0628. The topological polar surface area (TPSA) is 115 Å². The second-order valence-electron chi connectivity index (χ2n) is 5.94. The number of aliphatic hydroxyl groups excluding tert-OH is 1. The summed E-state index contributed by atoms with van der Waals surface area (Å²) in [6.45, 7) is 5.76. The standard InChI is InChI=1S/C11H24O2.C6H10O4/c1-4-6-7-8-9-11(13,5-2)10(3)12;7-5(8)3-1-2-4-6(9)10/h10,12-13H,4-9H2,1-3H3;1-4H2,(H,7,8)(H,9,10). The Morgan fingerprint density at radius 1 is 0.913 bits per heavy atom. The second-order valence-corrected chi connectivity index (χ2v) is 5.94. The minimum atomic E-state index is -0.870. The van der Waals surface area contributed by atoms with E-state index in [1.807, 2.05) is 6.92 Å². The minimum Gasteiger partial charge on any atom is -0.481 e. The van der Waals surface area contributed by atoms with Gasteiger partial charge in [0.05, 0.1) is 11.7 Å². The molecule has 0 spiro atoms. The average molecular weight is 334 g/mol. The SMILES string of the molecule is CCCCCCC(O)(CC)C(C)O.O=C(O)CCCCC(=O)O. The molecule has 23 heavy (non-hydrogen) atoms. The molecule has 2 unspecified atom stereocenters. The highest BCUT2D eigenvalue weighted by Crippen LogP contribution is 2.23. The predicted octanol–water partition coefficient (Wildman–Crippen LogP) is 3.19. The van der Waals surface area contributed by atoms with Crippen LogP contribution in [0.3, 0.4) is 0 Å². The molecular formula is C17H34O6. The van der Waals surface area contributed by atoms with E-state index in [1.165, 1.54) is 12.8 Å².